The molecule has 3 rings (SSSR count). The Labute approximate surface area is 166 Å². The van der Waals surface area contributed by atoms with Crippen LogP contribution in [0.25, 0.3) is 11.0 Å². The van der Waals surface area contributed by atoms with E-state index in [1.807, 2.05) is 42.5 Å². The van der Waals surface area contributed by atoms with E-state index in [0.29, 0.717) is 24.5 Å². The monoisotopic (exact) mass is 431 g/mol. The summed E-state index contributed by atoms with van der Waals surface area (Å²) in [6.45, 7) is 5.08. The Morgan fingerprint density at radius 2 is 1.92 bits per heavy atom. The number of nitrogens with zero attached hydrogens (tertiary/aromatic N) is 2. The molecule has 26 heavy (non-hydrogen) atoms. The topological polar surface area (TPSA) is 46.9 Å². The Hall–Kier alpha value is -2.11. The van der Waals surface area contributed by atoms with E-state index in [0.717, 1.165) is 26.9 Å². The maximum Gasteiger partial charge on any atom is 0.224 e. The SMILES string of the molecule is C=C(Br)Cn1c(CCNC(=O)Cc2ccccc2Cl)nc2ccccc21. The fourth-order valence-electron chi connectivity index (χ4n) is 2.86. The average molecular weight is 433 g/mol. The number of imidazole rings is 1. The van der Waals surface area contributed by atoms with Gasteiger partial charge in [-0.25, -0.2) is 4.98 Å². The van der Waals surface area contributed by atoms with Crippen LogP contribution >= 0.6 is 27.5 Å². The smallest absolute Gasteiger partial charge is 0.224 e. The molecule has 0 fully saturated rings. The summed E-state index contributed by atoms with van der Waals surface area (Å²) >= 11 is 9.53. The van der Waals surface area contributed by atoms with Gasteiger partial charge in [0.05, 0.1) is 24.0 Å². The molecule has 0 saturated heterocycles. The van der Waals surface area contributed by atoms with Gasteiger partial charge < -0.3 is 9.88 Å². The highest BCUT2D eigenvalue weighted by molar-refractivity contribution is 9.11. The van der Waals surface area contributed by atoms with E-state index in [1.165, 1.54) is 0 Å². The lowest BCUT2D eigenvalue weighted by Crippen LogP contribution is -2.28. The summed E-state index contributed by atoms with van der Waals surface area (Å²) in [5.41, 5.74) is 2.83. The first-order valence-electron chi connectivity index (χ1n) is 8.32. The third kappa shape index (κ3) is 4.54. The third-order valence-corrected chi connectivity index (χ3v) is 4.66. The fraction of sp³-hybridized carbons (Fsp3) is 0.200. The number of rotatable bonds is 7. The summed E-state index contributed by atoms with van der Waals surface area (Å²) in [5.74, 6) is 0.871. The fourth-order valence-corrected chi connectivity index (χ4v) is 3.31. The number of hydrogen-bond acceptors (Lipinski definition) is 2. The highest BCUT2D eigenvalue weighted by Gasteiger charge is 2.12. The number of allylic oxidation sites excluding steroid dienone is 1. The molecule has 0 spiro atoms. The number of carbonyl (C=O) groups excluding carboxylic acids is 1. The van der Waals surface area contributed by atoms with Gasteiger partial charge >= 0.3 is 0 Å². The van der Waals surface area contributed by atoms with Crippen LogP contribution in [0, 0.1) is 0 Å². The van der Waals surface area contributed by atoms with Crippen molar-refractivity contribution in [2.45, 2.75) is 19.4 Å². The molecular formula is C20H19BrClN3O. The van der Waals surface area contributed by atoms with Crippen molar-refractivity contribution in [2.75, 3.05) is 6.54 Å². The molecule has 0 saturated carbocycles. The lowest BCUT2D eigenvalue weighted by atomic mass is 10.1. The third-order valence-electron chi connectivity index (χ3n) is 4.04. The standard InChI is InChI=1S/C20H19BrClN3O/c1-14(21)13-25-18-9-5-4-8-17(18)24-19(25)10-11-23-20(26)12-15-6-2-3-7-16(15)22/h2-9H,1,10-13H2,(H,23,26). The number of amides is 1. The number of fused-ring (bicyclic) bond motifs is 1. The van der Waals surface area contributed by atoms with Crippen LogP contribution in [0.1, 0.15) is 11.4 Å². The van der Waals surface area contributed by atoms with Crippen molar-refractivity contribution >= 4 is 44.5 Å². The Balaban J connectivity index is 1.65. The minimum atomic E-state index is -0.0503. The Kier molecular flexibility index (Phi) is 6.12. The summed E-state index contributed by atoms with van der Waals surface area (Å²) in [4.78, 5) is 16.9. The Morgan fingerprint density at radius 1 is 1.19 bits per heavy atom. The molecule has 1 N–H and O–H groups in total. The van der Waals surface area contributed by atoms with Crippen LogP contribution in [0.3, 0.4) is 0 Å². The average Bonchev–Trinajstić information content (AvgIpc) is 2.94. The van der Waals surface area contributed by atoms with Crippen LogP contribution < -0.4 is 5.32 Å². The second-order valence-corrected chi connectivity index (χ2v) is 7.52. The largest absolute Gasteiger partial charge is 0.355 e. The van der Waals surface area contributed by atoms with Gasteiger partial charge in [-0.1, -0.05) is 64.4 Å². The molecule has 1 heterocycles. The van der Waals surface area contributed by atoms with Crippen molar-refractivity contribution in [3.63, 3.8) is 0 Å². The lowest BCUT2D eigenvalue weighted by molar-refractivity contribution is -0.120. The number of aromatic nitrogens is 2. The van der Waals surface area contributed by atoms with Gasteiger partial charge in [0.25, 0.3) is 0 Å². The normalized spacial score (nSPS) is 10.8. The number of nitrogens with one attached hydrogen (secondary N) is 1. The van der Waals surface area contributed by atoms with Gasteiger partial charge in [-0.2, -0.15) is 0 Å². The molecule has 1 aromatic heterocycles. The minimum Gasteiger partial charge on any atom is -0.355 e. The molecule has 0 atom stereocenters. The van der Waals surface area contributed by atoms with Gasteiger partial charge in [0.1, 0.15) is 5.82 Å². The maximum absolute atomic E-state index is 12.2. The Bertz CT molecular complexity index is 951. The summed E-state index contributed by atoms with van der Waals surface area (Å²) in [6.07, 6.45) is 0.914. The zero-order chi connectivity index (χ0) is 18.5. The number of halogens is 2. The van der Waals surface area contributed by atoms with Gasteiger partial charge in [0.2, 0.25) is 5.91 Å². The maximum atomic E-state index is 12.2. The number of carbonyl (C=O) groups is 1. The van der Waals surface area contributed by atoms with Crippen molar-refractivity contribution in [3.8, 4) is 0 Å². The highest BCUT2D eigenvalue weighted by atomic mass is 79.9. The van der Waals surface area contributed by atoms with Gasteiger partial charge in [-0.05, 0) is 23.8 Å². The van der Waals surface area contributed by atoms with Crippen LogP contribution in [-0.2, 0) is 24.2 Å². The molecule has 6 heteroatoms. The summed E-state index contributed by atoms with van der Waals surface area (Å²) in [6, 6.07) is 15.4. The molecule has 134 valence electrons. The van der Waals surface area contributed by atoms with Crippen LogP contribution in [0.2, 0.25) is 5.02 Å². The number of hydrogen-bond donors (Lipinski definition) is 1. The summed E-state index contributed by atoms with van der Waals surface area (Å²) < 4.78 is 3.00. The van der Waals surface area contributed by atoms with E-state index in [-0.39, 0.29) is 12.3 Å². The van der Waals surface area contributed by atoms with Crippen LogP contribution in [0.15, 0.2) is 59.6 Å². The van der Waals surface area contributed by atoms with E-state index >= 15 is 0 Å². The van der Waals surface area contributed by atoms with E-state index in [2.05, 4.69) is 37.4 Å². The zero-order valence-corrected chi connectivity index (χ0v) is 16.6. The van der Waals surface area contributed by atoms with E-state index in [4.69, 9.17) is 11.6 Å². The van der Waals surface area contributed by atoms with E-state index < -0.39 is 0 Å². The van der Waals surface area contributed by atoms with Crippen molar-refractivity contribution in [3.05, 3.63) is 76.0 Å². The van der Waals surface area contributed by atoms with Crippen molar-refractivity contribution in [1.29, 1.82) is 0 Å². The van der Waals surface area contributed by atoms with Crippen molar-refractivity contribution in [1.82, 2.24) is 14.9 Å². The summed E-state index contributed by atoms with van der Waals surface area (Å²) in [5, 5.41) is 3.56. The predicted octanol–water partition coefficient (Wildman–Crippen LogP) is 4.50. The zero-order valence-electron chi connectivity index (χ0n) is 14.2. The molecule has 4 nitrogen and oxygen atoms in total. The highest BCUT2D eigenvalue weighted by Crippen LogP contribution is 2.19. The van der Waals surface area contributed by atoms with Gasteiger partial charge in [0.15, 0.2) is 0 Å². The van der Waals surface area contributed by atoms with Crippen LogP contribution in [0.4, 0.5) is 0 Å². The number of benzene rings is 2. The molecule has 0 bridgehead atoms. The molecule has 0 aliphatic rings. The predicted molar refractivity (Wildman–Crippen MR) is 110 cm³/mol. The molecule has 2 aromatic carbocycles. The van der Waals surface area contributed by atoms with Crippen molar-refractivity contribution < 1.29 is 4.79 Å². The van der Waals surface area contributed by atoms with Crippen LogP contribution in [0.5, 0.6) is 0 Å². The molecule has 0 aliphatic heterocycles. The molecular weight excluding hydrogens is 414 g/mol. The molecule has 3 aromatic rings. The van der Waals surface area contributed by atoms with E-state index in [1.54, 1.807) is 6.07 Å². The molecule has 1 amide bonds. The van der Waals surface area contributed by atoms with Gasteiger partial charge in [0, 0.05) is 22.5 Å². The van der Waals surface area contributed by atoms with Crippen molar-refractivity contribution in [2.24, 2.45) is 0 Å². The van der Waals surface area contributed by atoms with Gasteiger partial charge in [-0.15, -0.1) is 0 Å². The molecule has 0 aliphatic carbocycles. The quantitative estimate of drug-likeness (QED) is 0.597. The second-order valence-electron chi connectivity index (χ2n) is 5.99. The van der Waals surface area contributed by atoms with E-state index in [9.17, 15) is 4.79 Å². The minimum absolute atomic E-state index is 0.0503. The van der Waals surface area contributed by atoms with Gasteiger partial charge in [-0.3, -0.25) is 4.79 Å². The molecule has 0 unspecified atom stereocenters. The molecule has 0 radical (unpaired) electrons. The first-order chi connectivity index (χ1) is 12.5. The second kappa shape index (κ2) is 8.52. The Morgan fingerprint density at radius 3 is 2.69 bits per heavy atom. The first-order valence-corrected chi connectivity index (χ1v) is 9.49. The summed E-state index contributed by atoms with van der Waals surface area (Å²) in [7, 11) is 0. The first kappa shape index (κ1) is 18.7. The number of para-hydroxylation sites is 2. The van der Waals surface area contributed by atoms with Crippen LogP contribution in [-0.4, -0.2) is 22.0 Å². The lowest BCUT2D eigenvalue weighted by Gasteiger charge is -2.09.